The van der Waals surface area contributed by atoms with Crippen LogP contribution in [0.5, 0.6) is 0 Å². The summed E-state index contributed by atoms with van der Waals surface area (Å²) in [6.45, 7) is 1.88. The van der Waals surface area contributed by atoms with Gasteiger partial charge in [-0.2, -0.15) is 0 Å². The number of rotatable bonds is 5. The fourth-order valence-electron chi connectivity index (χ4n) is 1.14. The zero-order chi connectivity index (χ0) is 11.3. The number of carbonyl (C=O) groups is 2. The topological polar surface area (TPSA) is 66.4 Å². The second-order valence-corrected chi connectivity index (χ2v) is 4.18. The molecule has 15 heavy (non-hydrogen) atoms. The molecule has 0 aliphatic carbocycles. The summed E-state index contributed by atoms with van der Waals surface area (Å²) in [6, 6.07) is 3.80. The molecular formula is C10H13NO3S. The van der Waals surface area contributed by atoms with Crippen LogP contribution in [0.3, 0.4) is 0 Å². The minimum Gasteiger partial charge on any atom is -0.481 e. The molecule has 1 aromatic heterocycles. The van der Waals surface area contributed by atoms with Crippen LogP contribution in [0.1, 0.15) is 30.7 Å². The molecule has 1 unspecified atom stereocenters. The molecule has 0 fully saturated rings. The van der Waals surface area contributed by atoms with Gasteiger partial charge in [-0.15, -0.1) is 11.3 Å². The lowest BCUT2D eigenvalue weighted by Gasteiger charge is -2.11. The summed E-state index contributed by atoms with van der Waals surface area (Å²) in [5.41, 5.74) is 0. The van der Waals surface area contributed by atoms with E-state index >= 15 is 0 Å². The second-order valence-electron chi connectivity index (χ2n) is 3.20. The highest BCUT2D eigenvalue weighted by atomic mass is 32.1. The number of hydrogen-bond acceptors (Lipinski definition) is 3. The van der Waals surface area contributed by atoms with Gasteiger partial charge in [0.15, 0.2) is 0 Å². The van der Waals surface area contributed by atoms with Gasteiger partial charge in [-0.1, -0.05) is 6.07 Å². The van der Waals surface area contributed by atoms with Gasteiger partial charge in [0.1, 0.15) is 0 Å². The highest BCUT2D eigenvalue weighted by Crippen LogP contribution is 2.17. The van der Waals surface area contributed by atoms with Crippen molar-refractivity contribution in [3.8, 4) is 0 Å². The molecule has 1 heterocycles. The fourth-order valence-corrected chi connectivity index (χ4v) is 1.88. The van der Waals surface area contributed by atoms with Crippen LogP contribution >= 0.6 is 11.3 Å². The molecule has 0 radical (unpaired) electrons. The number of carboxylic acid groups (broad SMARTS) is 1. The number of thiophene rings is 1. The molecule has 1 rings (SSSR count). The highest BCUT2D eigenvalue weighted by molar-refractivity contribution is 7.10. The Morgan fingerprint density at radius 1 is 1.53 bits per heavy atom. The van der Waals surface area contributed by atoms with Crippen molar-refractivity contribution >= 4 is 23.2 Å². The molecule has 0 saturated carbocycles. The number of hydrogen-bond donors (Lipinski definition) is 2. The first-order chi connectivity index (χ1) is 7.09. The quantitative estimate of drug-likeness (QED) is 0.806. The van der Waals surface area contributed by atoms with Crippen LogP contribution in [-0.4, -0.2) is 17.0 Å². The molecule has 5 heteroatoms. The first kappa shape index (κ1) is 11.7. The van der Waals surface area contributed by atoms with Gasteiger partial charge >= 0.3 is 5.97 Å². The monoisotopic (exact) mass is 227 g/mol. The van der Waals surface area contributed by atoms with E-state index in [4.69, 9.17) is 5.11 Å². The van der Waals surface area contributed by atoms with Crippen molar-refractivity contribution < 1.29 is 14.7 Å². The summed E-state index contributed by atoms with van der Waals surface area (Å²) in [6.07, 6.45) is -0.0892. The minimum absolute atomic E-state index is 0.0328. The van der Waals surface area contributed by atoms with Crippen LogP contribution in [0.15, 0.2) is 17.5 Å². The van der Waals surface area contributed by atoms with Crippen molar-refractivity contribution in [1.82, 2.24) is 5.32 Å². The predicted octanol–water partition coefficient (Wildman–Crippen LogP) is 1.79. The SMILES string of the molecule is CC(NC(=O)CCC(=O)O)c1cccs1. The van der Waals surface area contributed by atoms with E-state index in [1.165, 1.54) is 0 Å². The average Bonchev–Trinajstić information content (AvgIpc) is 2.67. The van der Waals surface area contributed by atoms with Gasteiger partial charge in [0.05, 0.1) is 12.5 Å². The molecule has 2 N–H and O–H groups in total. The number of amides is 1. The Balaban J connectivity index is 2.35. The van der Waals surface area contributed by atoms with Crippen LogP contribution in [0.25, 0.3) is 0 Å². The second kappa shape index (κ2) is 5.50. The van der Waals surface area contributed by atoms with Crippen molar-refractivity contribution in [3.63, 3.8) is 0 Å². The molecule has 1 amide bonds. The van der Waals surface area contributed by atoms with Crippen LogP contribution in [0.2, 0.25) is 0 Å². The standard InChI is InChI=1S/C10H13NO3S/c1-7(8-3-2-6-15-8)11-9(12)4-5-10(13)14/h2-3,6-7H,4-5H2,1H3,(H,11,12)(H,13,14). The lowest BCUT2D eigenvalue weighted by atomic mass is 10.2. The van der Waals surface area contributed by atoms with E-state index in [1.54, 1.807) is 11.3 Å². The molecule has 1 atom stereocenters. The molecule has 1 aromatic rings. The van der Waals surface area contributed by atoms with E-state index in [2.05, 4.69) is 5.32 Å². The Bertz CT molecular complexity index is 334. The van der Waals surface area contributed by atoms with Crippen LogP contribution in [-0.2, 0) is 9.59 Å². The van der Waals surface area contributed by atoms with Crippen molar-refractivity contribution in [3.05, 3.63) is 22.4 Å². The lowest BCUT2D eigenvalue weighted by molar-refractivity contribution is -0.138. The fraction of sp³-hybridized carbons (Fsp3) is 0.400. The first-order valence-electron chi connectivity index (χ1n) is 4.64. The van der Waals surface area contributed by atoms with Crippen LogP contribution < -0.4 is 5.32 Å². The maximum absolute atomic E-state index is 11.3. The number of carboxylic acids is 1. The van der Waals surface area contributed by atoms with Gasteiger partial charge in [-0.25, -0.2) is 0 Å². The molecular weight excluding hydrogens is 214 g/mol. The molecule has 4 nitrogen and oxygen atoms in total. The van der Waals surface area contributed by atoms with Gasteiger partial charge in [-0.3, -0.25) is 9.59 Å². The Hall–Kier alpha value is -1.36. The third-order valence-electron chi connectivity index (χ3n) is 1.91. The van der Waals surface area contributed by atoms with Crippen molar-refractivity contribution in [1.29, 1.82) is 0 Å². The Labute approximate surface area is 91.9 Å². The predicted molar refractivity (Wildman–Crippen MR) is 57.7 cm³/mol. The summed E-state index contributed by atoms with van der Waals surface area (Å²) < 4.78 is 0. The molecule has 0 saturated heterocycles. The number of carbonyl (C=O) groups excluding carboxylic acids is 1. The molecule has 0 bridgehead atoms. The Morgan fingerprint density at radius 3 is 2.80 bits per heavy atom. The zero-order valence-corrected chi connectivity index (χ0v) is 9.21. The van der Waals surface area contributed by atoms with Gasteiger partial charge in [0, 0.05) is 11.3 Å². The normalized spacial score (nSPS) is 12.1. The third-order valence-corrected chi connectivity index (χ3v) is 2.97. The molecule has 82 valence electrons. The Morgan fingerprint density at radius 2 is 2.27 bits per heavy atom. The smallest absolute Gasteiger partial charge is 0.303 e. The number of nitrogens with one attached hydrogen (secondary N) is 1. The van der Waals surface area contributed by atoms with Crippen molar-refractivity contribution in [2.75, 3.05) is 0 Å². The van der Waals surface area contributed by atoms with Crippen molar-refractivity contribution in [2.24, 2.45) is 0 Å². The largest absolute Gasteiger partial charge is 0.481 e. The number of aliphatic carboxylic acids is 1. The molecule has 0 aliphatic rings. The minimum atomic E-state index is -0.950. The summed E-state index contributed by atoms with van der Waals surface area (Å²) in [5, 5.41) is 13.1. The van der Waals surface area contributed by atoms with Gasteiger partial charge in [0.25, 0.3) is 0 Å². The lowest BCUT2D eigenvalue weighted by Crippen LogP contribution is -2.26. The maximum atomic E-state index is 11.3. The van der Waals surface area contributed by atoms with E-state index in [0.717, 1.165) is 4.88 Å². The van der Waals surface area contributed by atoms with Crippen molar-refractivity contribution in [2.45, 2.75) is 25.8 Å². The van der Waals surface area contributed by atoms with E-state index in [-0.39, 0.29) is 24.8 Å². The van der Waals surface area contributed by atoms with Gasteiger partial charge in [-0.05, 0) is 18.4 Å². The van der Waals surface area contributed by atoms with Gasteiger partial charge < -0.3 is 10.4 Å². The van der Waals surface area contributed by atoms with Crippen LogP contribution in [0, 0.1) is 0 Å². The van der Waals surface area contributed by atoms with Gasteiger partial charge in [0.2, 0.25) is 5.91 Å². The highest BCUT2D eigenvalue weighted by Gasteiger charge is 2.11. The van der Waals surface area contributed by atoms with E-state index < -0.39 is 5.97 Å². The zero-order valence-electron chi connectivity index (χ0n) is 8.40. The summed E-state index contributed by atoms with van der Waals surface area (Å²) in [4.78, 5) is 22.6. The summed E-state index contributed by atoms with van der Waals surface area (Å²) in [7, 11) is 0. The molecule has 0 spiro atoms. The Kier molecular flexibility index (Phi) is 4.30. The maximum Gasteiger partial charge on any atom is 0.303 e. The van der Waals surface area contributed by atoms with E-state index in [1.807, 2.05) is 24.4 Å². The summed E-state index contributed by atoms with van der Waals surface area (Å²) in [5.74, 6) is -1.17. The van der Waals surface area contributed by atoms with Crippen LogP contribution in [0.4, 0.5) is 0 Å². The van der Waals surface area contributed by atoms with E-state index in [9.17, 15) is 9.59 Å². The first-order valence-corrected chi connectivity index (χ1v) is 5.52. The molecule has 0 aromatic carbocycles. The summed E-state index contributed by atoms with van der Waals surface area (Å²) >= 11 is 1.57. The third kappa shape index (κ3) is 4.12. The average molecular weight is 227 g/mol. The molecule has 0 aliphatic heterocycles. The van der Waals surface area contributed by atoms with E-state index in [0.29, 0.717) is 0 Å².